The second kappa shape index (κ2) is 5.27. The first kappa shape index (κ1) is 11.4. The molecule has 0 saturated carbocycles. The highest BCUT2D eigenvalue weighted by Crippen LogP contribution is 2.19. The van der Waals surface area contributed by atoms with Crippen molar-refractivity contribution in [3.63, 3.8) is 0 Å². The lowest BCUT2D eigenvalue weighted by atomic mass is 10.0. The second-order valence-corrected chi connectivity index (χ2v) is 4.04. The van der Waals surface area contributed by atoms with Crippen LogP contribution in [0.5, 0.6) is 0 Å². The summed E-state index contributed by atoms with van der Waals surface area (Å²) in [5.74, 6) is 0. The second-order valence-electron chi connectivity index (χ2n) is 2.78. The van der Waals surface area contributed by atoms with Gasteiger partial charge in [-0.15, -0.1) is 0 Å². The standard InChI is InChI=1S/C10H8BrClO2/c11-8-4-3-7(2-1-5-13)9(6-8)10(12)14/h3-6H,1-2H2. The molecule has 0 unspecified atom stereocenters. The summed E-state index contributed by atoms with van der Waals surface area (Å²) in [6.07, 6.45) is 1.77. The summed E-state index contributed by atoms with van der Waals surface area (Å²) in [6, 6.07) is 5.28. The Morgan fingerprint density at radius 3 is 2.79 bits per heavy atom. The van der Waals surface area contributed by atoms with Crippen LogP contribution >= 0.6 is 27.5 Å². The first-order valence-corrected chi connectivity index (χ1v) is 5.24. The molecule has 74 valence electrons. The lowest BCUT2D eigenvalue weighted by Crippen LogP contribution is -1.98. The SMILES string of the molecule is O=CCCc1ccc(Br)cc1C(=O)Cl. The molecular weight excluding hydrogens is 267 g/mol. The monoisotopic (exact) mass is 274 g/mol. The van der Waals surface area contributed by atoms with Gasteiger partial charge in [0.2, 0.25) is 0 Å². The maximum Gasteiger partial charge on any atom is 0.252 e. The van der Waals surface area contributed by atoms with Gasteiger partial charge in [0.1, 0.15) is 6.29 Å². The summed E-state index contributed by atoms with van der Waals surface area (Å²) in [6.45, 7) is 0. The predicted octanol–water partition coefficient (Wildman–Crippen LogP) is 2.96. The molecule has 1 aromatic carbocycles. The van der Waals surface area contributed by atoms with E-state index in [1.165, 1.54) is 0 Å². The van der Waals surface area contributed by atoms with Crippen LogP contribution in [0.15, 0.2) is 22.7 Å². The first-order valence-electron chi connectivity index (χ1n) is 4.07. The van der Waals surface area contributed by atoms with E-state index >= 15 is 0 Å². The van der Waals surface area contributed by atoms with Crippen molar-refractivity contribution < 1.29 is 9.59 Å². The van der Waals surface area contributed by atoms with E-state index in [1.54, 1.807) is 12.1 Å². The average Bonchev–Trinajstić information content (AvgIpc) is 2.15. The van der Waals surface area contributed by atoms with Crippen LogP contribution in [0.4, 0.5) is 0 Å². The van der Waals surface area contributed by atoms with Gasteiger partial charge in [-0.1, -0.05) is 22.0 Å². The lowest BCUT2D eigenvalue weighted by molar-refractivity contribution is -0.107. The average molecular weight is 276 g/mol. The molecule has 0 aromatic heterocycles. The molecule has 0 amide bonds. The highest BCUT2D eigenvalue weighted by molar-refractivity contribution is 9.10. The Morgan fingerprint density at radius 1 is 1.50 bits per heavy atom. The van der Waals surface area contributed by atoms with Crippen LogP contribution in [0, 0.1) is 0 Å². The number of halogens is 2. The summed E-state index contributed by atoms with van der Waals surface area (Å²) in [4.78, 5) is 21.2. The van der Waals surface area contributed by atoms with Gasteiger partial charge in [0.05, 0.1) is 0 Å². The van der Waals surface area contributed by atoms with Gasteiger partial charge >= 0.3 is 0 Å². The Kier molecular flexibility index (Phi) is 4.29. The Balaban J connectivity index is 3.01. The van der Waals surface area contributed by atoms with E-state index in [9.17, 15) is 9.59 Å². The molecule has 0 spiro atoms. The minimum atomic E-state index is -0.493. The van der Waals surface area contributed by atoms with Gasteiger partial charge in [0, 0.05) is 16.5 Å². The summed E-state index contributed by atoms with van der Waals surface area (Å²) >= 11 is 8.66. The fourth-order valence-electron chi connectivity index (χ4n) is 1.16. The molecule has 14 heavy (non-hydrogen) atoms. The summed E-state index contributed by atoms with van der Waals surface area (Å²) in [5, 5.41) is -0.493. The molecule has 0 heterocycles. The first-order chi connectivity index (χ1) is 6.65. The maximum absolute atomic E-state index is 11.0. The normalized spacial score (nSPS) is 9.86. The fraction of sp³-hybridized carbons (Fsp3) is 0.200. The molecular formula is C10H8BrClO2. The minimum absolute atomic E-state index is 0.402. The zero-order valence-corrected chi connectivity index (χ0v) is 9.64. The van der Waals surface area contributed by atoms with Crippen molar-refractivity contribution in [3.05, 3.63) is 33.8 Å². The highest BCUT2D eigenvalue weighted by Gasteiger charge is 2.08. The third-order valence-corrected chi connectivity index (χ3v) is 2.51. The number of aldehydes is 1. The van der Waals surface area contributed by atoms with Crippen molar-refractivity contribution >= 4 is 39.1 Å². The van der Waals surface area contributed by atoms with E-state index in [0.29, 0.717) is 18.4 Å². The van der Waals surface area contributed by atoms with Crippen LogP contribution in [-0.4, -0.2) is 11.5 Å². The third-order valence-electron chi connectivity index (χ3n) is 1.82. The molecule has 0 bridgehead atoms. The third kappa shape index (κ3) is 2.93. The summed E-state index contributed by atoms with van der Waals surface area (Å²) in [5.41, 5.74) is 1.27. The van der Waals surface area contributed by atoms with E-state index in [0.717, 1.165) is 16.3 Å². The van der Waals surface area contributed by atoms with Gasteiger partial charge in [-0.25, -0.2) is 0 Å². The van der Waals surface area contributed by atoms with Gasteiger partial charge in [-0.05, 0) is 35.7 Å². The Morgan fingerprint density at radius 2 is 2.21 bits per heavy atom. The number of hydrogen-bond acceptors (Lipinski definition) is 2. The van der Waals surface area contributed by atoms with E-state index < -0.39 is 5.24 Å². The molecule has 1 rings (SSSR count). The van der Waals surface area contributed by atoms with E-state index in [4.69, 9.17) is 11.6 Å². The van der Waals surface area contributed by atoms with Crippen molar-refractivity contribution in [2.24, 2.45) is 0 Å². The molecule has 0 N–H and O–H groups in total. The van der Waals surface area contributed by atoms with E-state index in [2.05, 4.69) is 15.9 Å². The molecule has 0 aliphatic rings. The van der Waals surface area contributed by atoms with E-state index in [1.807, 2.05) is 6.07 Å². The van der Waals surface area contributed by atoms with Crippen molar-refractivity contribution in [3.8, 4) is 0 Å². The van der Waals surface area contributed by atoms with E-state index in [-0.39, 0.29) is 0 Å². The van der Waals surface area contributed by atoms with Crippen LogP contribution in [0.25, 0.3) is 0 Å². The summed E-state index contributed by atoms with van der Waals surface area (Å²) < 4.78 is 0.802. The van der Waals surface area contributed by atoms with Crippen LogP contribution in [-0.2, 0) is 11.2 Å². The van der Waals surface area contributed by atoms with Crippen LogP contribution in [0.2, 0.25) is 0 Å². The molecule has 0 fully saturated rings. The number of benzene rings is 1. The van der Waals surface area contributed by atoms with Gasteiger partial charge < -0.3 is 4.79 Å². The Labute approximate surface area is 95.4 Å². The molecule has 0 aliphatic carbocycles. The van der Waals surface area contributed by atoms with Crippen LogP contribution in [0.1, 0.15) is 22.3 Å². The zero-order chi connectivity index (χ0) is 10.6. The smallest absolute Gasteiger partial charge is 0.252 e. The van der Waals surface area contributed by atoms with Crippen molar-refractivity contribution in [2.45, 2.75) is 12.8 Å². The highest BCUT2D eigenvalue weighted by atomic mass is 79.9. The number of carbonyl (C=O) groups is 2. The minimum Gasteiger partial charge on any atom is -0.303 e. The Bertz CT molecular complexity index is 363. The van der Waals surface area contributed by atoms with Crippen LogP contribution < -0.4 is 0 Å². The molecule has 2 nitrogen and oxygen atoms in total. The molecule has 0 radical (unpaired) electrons. The quantitative estimate of drug-likeness (QED) is 0.625. The molecule has 0 saturated heterocycles. The number of carbonyl (C=O) groups excluding carboxylic acids is 2. The Hall–Kier alpha value is -0.670. The predicted molar refractivity (Wildman–Crippen MR) is 58.7 cm³/mol. The molecule has 4 heteroatoms. The molecule has 0 aliphatic heterocycles. The lowest BCUT2D eigenvalue weighted by Gasteiger charge is -2.04. The van der Waals surface area contributed by atoms with Crippen molar-refractivity contribution in [2.75, 3.05) is 0 Å². The maximum atomic E-state index is 11.0. The topological polar surface area (TPSA) is 34.1 Å². The zero-order valence-electron chi connectivity index (χ0n) is 7.30. The number of rotatable bonds is 4. The van der Waals surface area contributed by atoms with Crippen LogP contribution in [0.3, 0.4) is 0 Å². The largest absolute Gasteiger partial charge is 0.303 e. The molecule has 0 atom stereocenters. The number of aryl methyl sites for hydroxylation is 1. The van der Waals surface area contributed by atoms with Gasteiger partial charge in [-0.2, -0.15) is 0 Å². The summed E-state index contributed by atoms with van der Waals surface area (Å²) in [7, 11) is 0. The van der Waals surface area contributed by atoms with Gasteiger partial charge in [0.15, 0.2) is 0 Å². The van der Waals surface area contributed by atoms with Crippen molar-refractivity contribution in [1.29, 1.82) is 0 Å². The number of hydrogen-bond donors (Lipinski definition) is 0. The van der Waals surface area contributed by atoms with Crippen molar-refractivity contribution in [1.82, 2.24) is 0 Å². The van der Waals surface area contributed by atoms with Gasteiger partial charge in [-0.3, -0.25) is 4.79 Å². The fourth-order valence-corrected chi connectivity index (χ4v) is 1.70. The van der Waals surface area contributed by atoms with Gasteiger partial charge in [0.25, 0.3) is 5.24 Å². The molecule has 1 aromatic rings.